The average molecular weight is 347 g/mol. The third-order valence-corrected chi connectivity index (χ3v) is 5.22. The van der Waals surface area contributed by atoms with Gasteiger partial charge in [-0.3, -0.25) is 14.5 Å². The van der Waals surface area contributed by atoms with Crippen molar-refractivity contribution in [2.24, 2.45) is 11.8 Å². The first-order valence-corrected chi connectivity index (χ1v) is 8.70. The van der Waals surface area contributed by atoms with E-state index in [-0.39, 0.29) is 23.7 Å². The molecule has 2 saturated heterocycles. The summed E-state index contributed by atoms with van der Waals surface area (Å²) in [6.45, 7) is 1.27. The van der Waals surface area contributed by atoms with Gasteiger partial charge in [-0.1, -0.05) is 42.5 Å². The van der Waals surface area contributed by atoms with Crippen LogP contribution in [0.1, 0.15) is 5.56 Å². The van der Waals surface area contributed by atoms with Crippen molar-refractivity contribution >= 4 is 28.9 Å². The fourth-order valence-corrected chi connectivity index (χ4v) is 3.89. The van der Waals surface area contributed by atoms with Gasteiger partial charge in [0.1, 0.15) is 5.52 Å². The molecule has 2 aliphatic rings. The first kappa shape index (κ1) is 15.1. The molecular weight excluding hydrogens is 330 g/mol. The van der Waals surface area contributed by atoms with Crippen molar-refractivity contribution in [1.82, 2.24) is 9.88 Å². The number of anilines is 1. The minimum atomic E-state index is -0.318. The second-order valence-corrected chi connectivity index (χ2v) is 6.83. The second-order valence-electron chi connectivity index (χ2n) is 6.83. The third-order valence-electron chi connectivity index (χ3n) is 5.22. The number of benzene rings is 2. The summed E-state index contributed by atoms with van der Waals surface area (Å²) in [4.78, 5) is 33.3. The summed E-state index contributed by atoms with van der Waals surface area (Å²) < 4.78 is 5.79. The quantitative estimate of drug-likeness (QED) is 0.681. The molecule has 2 amide bonds. The minimum absolute atomic E-state index is 0.0949. The summed E-state index contributed by atoms with van der Waals surface area (Å²) in [5.41, 5.74) is 2.45. The molecule has 1 aromatic heterocycles. The molecule has 0 aliphatic carbocycles. The molecule has 6 heteroatoms. The zero-order valence-corrected chi connectivity index (χ0v) is 14.0. The van der Waals surface area contributed by atoms with Crippen LogP contribution in [-0.2, 0) is 16.1 Å². The molecule has 2 fully saturated rings. The summed E-state index contributed by atoms with van der Waals surface area (Å²) >= 11 is 0. The standard InChI is InChI=1S/C20H17N3O3/c24-18-14-11-22(20-21-16-8-4-5-9-17(16)26-20)12-15(14)19(25)23(18)10-13-6-2-1-3-7-13/h1-9,14-15H,10-12H2. The summed E-state index contributed by atoms with van der Waals surface area (Å²) in [5.74, 6) is -0.827. The number of aromatic nitrogens is 1. The fraction of sp³-hybridized carbons (Fsp3) is 0.250. The zero-order valence-electron chi connectivity index (χ0n) is 14.0. The van der Waals surface area contributed by atoms with Gasteiger partial charge in [0.05, 0.1) is 18.4 Å². The van der Waals surface area contributed by atoms with Crippen LogP contribution in [0, 0.1) is 11.8 Å². The van der Waals surface area contributed by atoms with Crippen LogP contribution in [0.15, 0.2) is 59.0 Å². The maximum atomic E-state index is 12.8. The molecule has 2 atom stereocenters. The van der Waals surface area contributed by atoms with Gasteiger partial charge in [0.2, 0.25) is 11.8 Å². The molecule has 0 N–H and O–H groups in total. The normalized spacial score (nSPS) is 22.5. The van der Waals surface area contributed by atoms with Crippen LogP contribution in [-0.4, -0.2) is 34.8 Å². The molecule has 0 bridgehead atoms. The number of rotatable bonds is 3. The number of imide groups is 1. The van der Waals surface area contributed by atoms with Gasteiger partial charge in [-0.05, 0) is 17.7 Å². The number of fused-ring (bicyclic) bond motifs is 2. The van der Waals surface area contributed by atoms with Gasteiger partial charge in [0, 0.05) is 13.1 Å². The van der Waals surface area contributed by atoms with Crippen molar-refractivity contribution in [1.29, 1.82) is 0 Å². The van der Waals surface area contributed by atoms with Crippen molar-refractivity contribution in [3.63, 3.8) is 0 Å². The summed E-state index contributed by atoms with van der Waals surface area (Å²) in [5, 5.41) is 0. The zero-order chi connectivity index (χ0) is 17.7. The lowest BCUT2D eigenvalue weighted by molar-refractivity contribution is -0.140. The number of carbonyl (C=O) groups excluding carboxylic acids is 2. The largest absolute Gasteiger partial charge is 0.423 e. The summed E-state index contributed by atoms with van der Waals surface area (Å²) in [6.07, 6.45) is 0. The number of oxazole rings is 1. The Labute approximate surface area is 150 Å². The van der Waals surface area contributed by atoms with Crippen LogP contribution < -0.4 is 4.90 Å². The van der Waals surface area contributed by atoms with Gasteiger partial charge in [0.15, 0.2) is 5.58 Å². The first-order valence-electron chi connectivity index (χ1n) is 8.70. The van der Waals surface area contributed by atoms with Crippen LogP contribution in [0.5, 0.6) is 0 Å². The highest BCUT2D eigenvalue weighted by atomic mass is 16.4. The van der Waals surface area contributed by atoms with Crippen LogP contribution in [0.4, 0.5) is 6.01 Å². The van der Waals surface area contributed by atoms with Crippen LogP contribution in [0.2, 0.25) is 0 Å². The number of hydrogen-bond donors (Lipinski definition) is 0. The van der Waals surface area contributed by atoms with Gasteiger partial charge < -0.3 is 9.32 Å². The fourth-order valence-electron chi connectivity index (χ4n) is 3.89. The van der Waals surface area contributed by atoms with Crippen molar-refractivity contribution in [3.8, 4) is 0 Å². The molecule has 5 rings (SSSR count). The van der Waals surface area contributed by atoms with E-state index >= 15 is 0 Å². The van der Waals surface area contributed by atoms with Crippen molar-refractivity contribution < 1.29 is 14.0 Å². The number of carbonyl (C=O) groups is 2. The van der Waals surface area contributed by atoms with Crippen molar-refractivity contribution in [2.75, 3.05) is 18.0 Å². The van der Waals surface area contributed by atoms with Crippen molar-refractivity contribution in [3.05, 3.63) is 60.2 Å². The average Bonchev–Trinajstić information content (AvgIpc) is 3.34. The predicted octanol–water partition coefficient (Wildman–Crippen LogP) is 2.45. The number of hydrogen-bond acceptors (Lipinski definition) is 5. The highest BCUT2D eigenvalue weighted by Gasteiger charge is 2.53. The van der Waals surface area contributed by atoms with Gasteiger partial charge in [-0.2, -0.15) is 4.98 Å². The Hall–Kier alpha value is -3.15. The monoisotopic (exact) mass is 347 g/mol. The highest BCUT2D eigenvalue weighted by Crippen LogP contribution is 2.37. The molecule has 3 heterocycles. The maximum Gasteiger partial charge on any atom is 0.298 e. The van der Waals surface area contributed by atoms with E-state index in [2.05, 4.69) is 4.98 Å². The lowest BCUT2D eigenvalue weighted by Crippen LogP contribution is -2.35. The Morgan fingerprint density at radius 1 is 0.923 bits per heavy atom. The third kappa shape index (κ3) is 2.29. The highest BCUT2D eigenvalue weighted by molar-refractivity contribution is 6.06. The molecule has 3 aromatic rings. The first-order chi connectivity index (χ1) is 12.7. The van der Waals surface area contributed by atoms with Gasteiger partial charge in [-0.15, -0.1) is 0 Å². The van der Waals surface area contributed by atoms with E-state index in [1.807, 2.05) is 59.5 Å². The van der Waals surface area contributed by atoms with E-state index in [1.54, 1.807) is 0 Å². The SMILES string of the molecule is O=C1C2CN(c3nc4ccccc4o3)CC2C(=O)N1Cc1ccccc1. The molecule has 0 saturated carbocycles. The Morgan fingerprint density at radius 2 is 1.58 bits per heavy atom. The minimum Gasteiger partial charge on any atom is -0.423 e. The number of likely N-dealkylation sites (tertiary alicyclic amines) is 1. The molecular formula is C20H17N3O3. The van der Waals surface area contributed by atoms with Crippen LogP contribution >= 0.6 is 0 Å². The molecule has 0 radical (unpaired) electrons. The van der Waals surface area contributed by atoms with E-state index in [9.17, 15) is 9.59 Å². The van der Waals surface area contributed by atoms with Gasteiger partial charge in [0.25, 0.3) is 6.01 Å². The van der Waals surface area contributed by atoms with Gasteiger partial charge >= 0.3 is 0 Å². The number of nitrogens with zero attached hydrogens (tertiary/aromatic N) is 3. The second kappa shape index (κ2) is 5.69. The van der Waals surface area contributed by atoms with Crippen LogP contribution in [0.3, 0.4) is 0 Å². The summed E-state index contributed by atoms with van der Waals surface area (Å²) in [6, 6.07) is 17.6. The molecule has 6 nitrogen and oxygen atoms in total. The van der Waals surface area contributed by atoms with E-state index in [0.29, 0.717) is 31.2 Å². The molecule has 2 aliphatic heterocycles. The number of para-hydroxylation sites is 2. The van der Waals surface area contributed by atoms with E-state index in [4.69, 9.17) is 4.42 Å². The van der Waals surface area contributed by atoms with E-state index in [0.717, 1.165) is 11.1 Å². The number of amides is 2. The topological polar surface area (TPSA) is 66.7 Å². The Balaban J connectivity index is 1.36. The van der Waals surface area contributed by atoms with Gasteiger partial charge in [-0.25, -0.2) is 0 Å². The Kier molecular flexibility index (Phi) is 3.31. The maximum absolute atomic E-state index is 12.8. The Bertz CT molecular complexity index is 941. The lowest BCUT2D eigenvalue weighted by atomic mass is 10.00. The molecule has 2 aromatic carbocycles. The Morgan fingerprint density at radius 3 is 2.27 bits per heavy atom. The van der Waals surface area contributed by atoms with Crippen molar-refractivity contribution in [2.45, 2.75) is 6.54 Å². The molecule has 0 spiro atoms. The van der Waals surface area contributed by atoms with E-state index in [1.165, 1.54) is 4.90 Å². The predicted molar refractivity (Wildman–Crippen MR) is 95.2 cm³/mol. The van der Waals surface area contributed by atoms with Crippen LogP contribution in [0.25, 0.3) is 11.1 Å². The summed E-state index contributed by atoms with van der Waals surface area (Å²) in [7, 11) is 0. The lowest BCUT2D eigenvalue weighted by Gasteiger charge is -2.19. The molecule has 26 heavy (non-hydrogen) atoms. The smallest absolute Gasteiger partial charge is 0.298 e. The van der Waals surface area contributed by atoms with E-state index < -0.39 is 0 Å². The molecule has 130 valence electrons. The molecule has 2 unspecified atom stereocenters.